The molecule has 1 aliphatic heterocycles. The van der Waals surface area contributed by atoms with E-state index in [1.807, 2.05) is 30.9 Å². The van der Waals surface area contributed by atoms with Crippen LogP contribution in [0.5, 0.6) is 0 Å². The number of benzene rings is 1. The molecule has 1 heterocycles. The van der Waals surface area contributed by atoms with Gasteiger partial charge in [0.2, 0.25) is 11.8 Å². The lowest BCUT2D eigenvalue weighted by Crippen LogP contribution is -2.49. The van der Waals surface area contributed by atoms with Crippen molar-refractivity contribution in [2.24, 2.45) is 0 Å². The van der Waals surface area contributed by atoms with Crippen LogP contribution < -0.4 is 10.6 Å². The highest BCUT2D eigenvalue weighted by Crippen LogP contribution is 2.30. The van der Waals surface area contributed by atoms with Crippen LogP contribution in [0.2, 0.25) is 5.02 Å². The van der Waals surface area contributed by atoms with Gasteiger partial charge in [-0.1, -0.05) is 23.7 Å². The molecule has 0 radical (unpaired) electrons. The van der Waals surface area contributed by atoms with Gasteiger partial charge in [0.15, 0.2) is 0 Å². The average molecular weight is 338 g/mol. The van der Waals surface area contributed by atoms with E-state index in [1.54, 1.807) is 19.2 Å². The molecule has 1 saturated heterocycles. The molecule has 2 rings (SSSR count). The minimum absolute atomic E-state index is 0.0135. The maximum atomic E-state index is 12.5. The number of nitrogens with zero attached hydrogens (tertiary/aromatic N) is 1. The summed E-state index contributed by atoms with van der Waals surface area (Å²) >= 11 is 5.95. The van der Waals surface area contributed by atoms with Crippen molar-refractivity contribution in [3.63, 3.8) is 0 Å². The van der Waals surface area contributed by atoms with Gasteiger partial charge in [0.1, 0.15) is 6.04 Å². The third-order valence-corrected chi connectivity index (χ3v) is 4.29. The zero-order chi connectivity index (χ0) is 17.0. The van der Waals surface area contributed by atoms with Crippen LogP contribution in [0.1, 0.15) is 38.3 Å². The van der Waals surface area contributed by atoms with Crippen LogP contribution in [-0.4, -0.2) is 42.4 Å². The summed E-state index contributed by atoms with van der Waals surface area (Å²) in [6.07, 6.45) is 1.66. The van der Waals surface area contributed by atoms with Crippen molar-refractivity contribution in [3.05, 3.63) is 34.9 Å². The molecule has 126 valence electrons. The number of carbonyl (C=O) groups is 2. The van der Waals surface area contributed by atoms with E-state index in [9.17, 15) is 9.59 Å². The molecule has 1 aromatic carbocycles. The van der Waals surface area contributed by atoms with Gasteiger partial charge in [-0.25, -0.2) is 0 Å². The maximum Gasteiger partial charge on any atom is 0.241 e. The molecule has 1 fully saturated rings. The zero-order valence-electron chi connectivity index (χ0n) is 13.8. The fourth-order valence-electron chi connectivity index (χ4n) is 3.04. The molecular formula is C17H24ClN3O2. The highest BCUT2D eigenvalue weighted by molar-refractivity contribution is 6.30. The van der Waals surface area contributed by atoms with Gasteiger partial charge in [0.05, 0.1) is 6.04 Å². The van der Waals surface area contributed by atoms with Crippen LogP contribution in [0.4, 0.5) is 0 Å². The zero-order valence-corrected chi connectivity index (χ0v) is 14.6. The van der Waals surface area contributed by atoms with Crippen LogP contribution >= 0.6 is 11.6 Å². The van der Waals surface area contributed by atoms with Crippen LogP contribution in [0.25, 0.3) is 0 Å². The Kier molecular flexibility index (Phi) is 6.02. The highest BCUT2D eigenvalue weighted by atomic mass is 35.5. The SMILES string of the molecule is CNC(=O)C(c1ccc(Cl)cc1)N1CCCC1C(=O)NC(C)C. The molecule has 1 aromatic rings. The molecule has 1 aliphatic rings. The van der Waals surface area contributed by atoms with E-state index in [-0.39, 0.29) is 23.9 Å². The number of likely N-dealkylation sites (tertiary alicyclic amines) is 1. The van der Waals surface area contributed by atoms with Crippen molar-refractivity contribution in [2.45, 2.75) is 44.8 Å². The summed E-state index contributed by atoms with van der Waals surface area (Å²) in [5.41, 5.74) is 0.845. The number of likely N-dealkylation sites (N-methyl/N-ethyl adjacent to an activating group) is 1. The molecule has 6 heteroatoms. The summed E-state index contributed by atoms with van der Waals surface area (Å²) in [6, 6.07) is 6.55. The number of carbonyl (C=O) groups excluding carboxylic acids is 2. The predicted molar refractivity (Wildman–Crippen MR) is 91.3 cm³/mol. The molecule has 0 aromatic heterocycles. The molecule has 0 spiro atoms. The Bertz CT molecular complexity index is 559. The van der Waals surface area contributed by atoms with Gasteiger partial charge in [-0.3, -0.25) is 14.5 Å². The Balaban J connectivity index is 2.29. The first-order valence-corrected chi connectivity index (χ1v) is 8.35. The summed E-state index contributed by atoms with van der Waals surface area (Å²) in [7, 11) is 1.62. The molecule has 23 heavy (non-hydrogen) atoms. The second-order valence-electron chi connectivity index (χ2n) is 6.13. The molecular weight excluding hydrogens is 314 g/mol. The van der Waals surface area contributed by atoms with E-state index in [0.29, 0.717) is 5.02 Å². The van der Waals surface area contributed by atoms with Crippen LogP contribution in [0.15, 0.2) is 24.3 Å². The van der Waals surface area contributed by atoms with Gasteiger partial charge >= 0.3 is 0 Å². The monoisotopic (exact) mass is 337 g/mol. The van der Waals surface area contributed by atoms with Crippen molar-refractivity contribution in [1.82, 2.24) is 15.5 Å². The lowest BCUT2D eigenvalue weighted by molar-refractivity contribution is -0.131. The van der Waals surface area contributed by atoms with Gasteiger partial charge in [-0.15, -0.1) is 0 Å². The molecule has 0 saturated carbocycles. The first-order valence-electron chi connectivity index (χ1n) is 7.97. The standard InChI is InChI=1S/C17H24ClN3O2/c1-11(2)20-16(22)14-5-4-10-21(14)15(17(23)19-3)12-6-8-13(18)9-7-12/h6-9,11,14-15H,4-5,10H2,1-3H3,(H,19,23)(H,20,22). The van der Waals surface area contributed by atoms with E-state index >= 15 is 0 Å². The van der Waals surface area contributed by atoms with Gasteiger partial charge < -0.3 is 10.6 Å². The van der Waals surface area contributed by atoms with Gasteiger partial charge in [0, 0.05) is 24.7 Å². The van der Waals surface area contributed by atoms with Crippen LogP contribution in [-0.2, 0) is 9.59 Å². The topological polar surface area (TPSA) is 61.4 Å². The number of rotatable bonds is 5. The Morgan fingerprint density at radius 1 is 1.26 bits per heavy atom. The Morgan fingerprint density at radius 3 is 2.48 bits per heavy atom. The van der Waals surface area contributed by atoms with Gasteiger partial charge in [-0.05, 0) is 44.4 Å². The Labute approximate surface area is 142 Å². The highest BCUT2D eigenvalue weighted by Gasteiger charge is 2.39. The van der Waals surface area contributed by atoms with Crippen LogP contribution in [0, 0.1) is 0 Å². The first kappa shape index (κ1) is 17.8. The van der Waals surface area contributed by atoms with E-state index in [2.05, 4.69) is 10.6 Å². The molecule has 0 bridgehead atoms. The van der Waals surface area contributed by atoms with Crippen molar-refractivity contribution in [1.29, 1.82) is 0 Å². The Morgan fingerprint density at radius 2 is 1.91 bits per heavy atom. The number of amides is 2. The van der Waals surface area contributed by atoms with Gasteiger partial charge in [0.25, 0.3) is 0 Å². The number of nitrogens with one attached hydrogen (secondary N) is 2. The van der Waals surface area contributed by atoms with E-state index in [0.717, 1.165) is 24.9 Å². The summed E-state index contributed by atoms with van der Waals surface area (Å²) < 4.78 is 0. The maximum absolute atomic E-state index is 12.5. The van der Waals surface area contributed by atoms with E-state index < -0.39 is 6.04 Å². The molecule has 5 nitrogen and oxygen atoms in total. The Hall–Kier alpha value is -1.59. The lowest BCUT2D eigenvalue weighted by Gasteiger charge is -2.31. The predicted octanol–water partition coefficient (Wildman–Crippen LogP) is 2.12. The fourth-order valence-corrected chi connectivity index (χ4v) is 3.16. The van der Waals surface area contributed by atoms with Crippen LogP contribution in [0.3, 0.4) is 0 Å². The second kappa shape index (κ2) is 7.79. The minimum atomic E-state index is -0.484. The van der Waals surface area contributed by atoms with Crippen molar-refractivity contribution < 1.29 is 9.59 Å². The minimum Gasteiger partial charge on any atom is -0.358 e. The summed E-state index contributed by atoms with van der Waals surface area (Å²) in [5.74, 6) is -0.128. The molecule has 2 atom stereocenters. The molecule has 2 unspecified atom stereocenters. The van der Waals surface area contributed by atoms with E-state index in [4.69, 9.17) is 11.6 Å². The molecule has 2 amide bonds. The third-order valence-electron chi connectivity index (χ3n) is 4.04. The summed E-state index contributed by atoms with van der Waals surface area (Å²) in [4.78, 5) is 26.9. The smallest absolute Gasteiger partial charge is 0.241 e. The summed E-state index contributed by atoms with van der Waals surface area (Å²) in [6.45, 7) is 4.59. The van der Waals surface area contributed by atoms with Crippen molar-refractivity contribution in [2.75, 3.05) is 13.6 Å². The van der Waals surface area contributed by atoms with Crippen molar-refractivity contribution in [3.8, 4) is 0 Å². The normalized spacial score (nSPS) is 19.6. The van der Waals surface area contributed by atoms with Gasteiger partial charge in [-0.2, -0.15) is 0 Å². The average Bonchev–Trinajstić information content (AvgIpc) is 2.98. The number of halogens is 1. The number of hydrogen-bond donors (Lipinski definition) is 2. The number of hydrogen-bond acceptors (Lipinski definition) is 3. The van der Waals surface area contributed by atoms with E-state index in [1.165, 1.54) is 0 Å². The molecule has 0 aliphatic carbocycles. The largest absolute Gasteiger partial charge is 0.358 e. The van der Waals surface area contributed by atoms with Crippen molar-refractivity contribution >= 4 is 23.4 Å². The second-order valence-corrected chi connectivity index (χ2v) is 6.56. The molecule has 2 N–H and O–H groups in total. The third kappa shape index (κ3) is 4.24. The lowest BCUT2D eigenvalue weighted by atomic mass is 10.0. The summed E-state index contributed by atoms with van der Waals surface area (Å²) in [5, 5.41) is 6.29. The first-order chi connectivity index (χ1) is 10.9. The fraction of sp³-hybridized carbons (Fsp3) is 0.529. The quantitative estimate of drug-likeness (QED) is 0.865.